The third kappa shape index (κ3) is 2.16. The van der Waals surface area contributed by atoms with Crippen molar-refractivity contribution in [1.82, 2.24) is 15.1 Å². The second kappa shape index (κ2) is 4.82. The highest BCUT2D eigenvalue weighted by molar-refractivity contribution is 5.83. The van der Waals surface area contributed by atoms with Crippen LogP contribution in [0.4, 0.5) is 0 Å². The molecule has 2 heterocycles. The second-order valence-corrected chi connectivity index (χ2v) is 6.39. The molecule has 0 spiro atoms. The maximum atomic E-state index is 12.5. The fourth-order valence-electron chi connectivity index (χ4n) is 3.57. The molecule has 102 valence electrons. The van der Waals surface area contributed by atoms with Crippen LogP contribution in [0.25, 0.3) is 0 Å². The lowest BCUT2D eigenvalue weighted by Crippen LogP contribution is -2.50. The Kier molecular flexibility index (Phi) is 3.32. The number of piperazine rings is 1. The summed E-state index contributed by atoms with van der Waals surface area (Å²) in [6.45, 7) is 8.58. The van der Waals surface area contributed by atoms with Crippen LogP contribution < -0.4 is 5.32 Å². The standard InChI is InChI=1S/C14H25N3O/c1-14(4-2-5-14)13(18)17-8-3-12(11-17)16-9-6-15-7-10-16/h12,15H,2-11H2,1H3. The molecule has 0 aromatic rings. The lowest BCUT2D eigenvalue weighted by Gasteiger charge is -2.40. The Morgan fingerprint density at radius 2 is 1.94 bits per heavy atom. The van der Waals surface area contributed by atoms with Crippen LogP contribution >= 0.6 is 0 Å². The van der Waals surface area contributed by atoms with Crippen LogP contribution in [-0.4, -0.2) is 61.0 Å². The van der Waals surface area contributed by atoms with Gasteiger partial charge < -0.3 is 10.2 Å². The lowest BCUT2D eigenvalue weighted by molar-refractivity contribution is -0.145. The molecule has 3 aliphatic rings. The van der Waals surface area contributed by atoms with Gasteiger partial charge in [0.2, 0.25) is 5.91 Å². The molecule has 4 heteroatoms. The van der Waals surface area contributed by atoms with Crippen molar-refractivity contribution in [3.63, 3.8) is 0 Å². The molecule has 2 saturated heterocycles. The van der Waals surface area contributed by atoms with Crippen molar-refractivity contribution >= 4 is 5.91 Å². The summed E-state index contributed by atoms with van der Waals surface area (Å²) in [5.74, 6) is 0.423. The summed E-state index contributed by atoms with van der Waals surface area (Å²) in [6.07, 6.45) is 4.60. The van der Waals surface area contributed by atoms with Gasteiger partial charge in [-0.2, -0.15) is 0 Å². The lowest BCUT2D eigenvalue weighted by atomic mass is 9.69. The van der Waals surface area contributed by atoms with E-state index in [1.54, 1.807) is 0 Å². The summed E-state index contributed by atoms with van der Waals surface area (Å²) >= 11 is 0. The molecule has 0 aromatic heterocycles. The van der Waals surface area contributed by atoms with Gasteiger partial charge in [0.15, 0.2) is 0 Å². The maximum absolute atomic E-state index is 12.5. The minimum Gasteiger partial charge on any atom is -0.341 e. The quantitative estimate of drug-likeness (QED) is 0.784. The van der Waals surface area contributed by atoms with E-state index in [0.29, 0.717) is 11.9 Å². The summed E-state index contributed by atoms with van der Waals surface area (Å²) in [7, 11) is 0. The topological polar surface area (TPSA) is 35.6 Å². The highest BCUT2D eigenvalue weighted by atomic mass is 16.2. The number of rotatable bonds is 2. The molecule has 1 saturated carbocycles. The van der Waals surface area contributed by atoms with E-state index in [1.807, 2.05) is 0 Å². The predicted molar refractivity (Wildman–Crippen MR) is 71.4 cm³/mol. The van der Waals surface area contributed by atoms with Gasteiger partial charge in [-0.05, 0) is 19.3 Å². The summed E-state index contributed by atoms with van der Waals surface area (Å²) in [5.41, 5.74) is -0.0155. The summed E-state index contributed by atoms with van der Waals surface area (Å²) in [5, 5.41) is 3.39. The first-order valence-electron chi connectivity index (χ1n) is 7.43. The van der Waals surface area contributed by atoms with Crippen LogP contribution in [0.3, 0.4) is 0 Å². The van der Waals surface area contributed by atoms with Gasteiger partial charge in [0.1, 0.15) is 0 Å². The molecule has 1 aliphatic carbocycles. The molecule has 0 bridgehead atoms. The number of likely N-dealkylation sites (tertiary alicyclic amines) is 1. The molecule has 3 rings (SSSR count). The number of nitrogens with zero attached hydrogens (tertiary/aromatic N) is 2. The van der Waals surface area contributed by atoms with E-state index in [4.69, 9.17) is 0 Å². The minimum absolute atomic E-state index is 0.0155. The molecule has 3 fully saturated rings. The number of hydrogen-bond donors (Lipinski definition) is 1. The molecule has 1 N–H and O–H groups in total. The summed E-state index contributed by atoms with van der Waals surface area (Å²) in [4.78, 5) is 17.2. The highest BCUT2D eigenvalue weighted by Gasteiger charge is 2.44. The zero-order valence-electron chi connectivity index (χ0n) is 11.5. The van der Waals surface area contributed by atoms with E-state index in [-0.39, 0.29) is 5.41 Å². The fraction of sp³-hybridized carbons (Fsp3) is 0.929. The molecule has 1 amide bonds. The van der Waals surface area contributed by atoms with Gasteiger partial charge in [0.25, 0.3) is 0 Å². The van der Waals surface area contributed by atoms with E-state index in [2.05, 4.69) is 22.0 Å². The van der Waals surface area contributed by atoms with Crippen LogP contribution in [0.2, 0.25) is 0 Å². The minimum atomic E-state index is -0.0155. The SMILES string of the molecule is CC1(C(=O)N2CCC(N3CCNCC3)C2)CCC1. The Morgan fingerprint density at radius 3 is 2.56 bits per heavy atom. The number of hydrogen-bond acceptors (Lipinski definition) is 3. The zero-order valence-corrected chi connectivity index (χ0v) is 11.5. The third-order valence-electron chi connectivity index (χ3n) is 5.09. The number of carbonyl (C=O) groups excluding carboxylic acids is 1. The molecule has 0 radical (unpaired) electrons. The van der Waals surface area contributed by atoms with Crippen LogP contribution in [0.1, 0.15) is 32.6 Å². The number of carbonyl (C=O) groups is 1. The molecule has 4 nitrogen and oxygen atoms in total. The monoisotopic (exact) mass is 251 g/mol. The largest absolute Gasteiger partial charge is 0.341 e. The predicted octanol–water partition coefficient (Wildman–Crippen LogP) is 0.683. The van der Waals surface area contributed by atoms with Gasteiger partial charge in [-0.15, -0.1) is 0 Å². The van der Waals surface area contributed by atoms with E-state index >= 15 is 0 Å². The normalized spacial score (nSPS) is 32.3. The molecular formula is C14H25N3O. The van der Waals surface area contributed by atoms with Crippen molar-refractivity contribution in [3.8, 4) is 0 Å². The van der Waals surface area contributed by atoms with Gasteiger partial charge in [0.05, 0.1) is 0 Å². The molecule has 1 atom stereocenters. The number of amides is 1. The Bertz CT molecular complexity index is 321. The average Bonchev–Trinajstić information content (AvgIpc) is 2.85. The van der Waals surface area contributed by atoms with E-state index in [1.165, 1.54) is 12.8 Å². The average molecular weight is 251 g/mol. The molecule has 2 aliphatic heterocycles. The Balaban J connectivity index is 1.56. The van der Waals surface area contributed by atoms with Crippen molar-refractivity contribution in [3.05, 3.63) is 0 Å². The van der Waals surface area contributed by atoms with E-state index < -0.39 is 0 Å². The smallest absolute Gasteiger partial charge is 0.228 e. The van der Waals surface area contributed by atoms with Gasteiger partial charge >= 0.3 is 0 Å². The van der Waals surface area contributed by atoms with Gasteiger partial charge in [0, 0.05) is 50.7 Å². The first-order valence-corrected chi connectivity index (χ1v) is 7.43. The van der Waals surface area contributed by atoms with Gasteiger partial charge in [-0.3, -0.25) is 9.69 Å². The van der Waals surface area contributed by atoms with Gasteiger partial charge in [-0.1, -0.05) is 13.3 Å². The summed E-state index contributed by atoms with van der Waals surface area (Å²) < 4.78 is 0. The maximum Gasteiger partial charge on any atom is 0.228 e. The summed E-state index contributed by atoms with van der Waals surface area (Å²) in [6, 6.07) is 0.611. The van der Waals surface area contributed by atoms with Crippen molar-refractivity contribution in [2.24, 2.45) is 5.41 Å². The number of nitrogens with one attached hydrogen (secondary N) is 1. The molecular weight excluding hydrogens is 226 g/mol. The van der Waals surface area contributed by atoms with Crippen molar-refractivity contribution in [2.45, 2.75) is 38.6 Å². The van der Waals surface area contributed by atoms with Crippen LogP contribution in [0.15, 0.2) is 0 Å². The Labute approximate surface area is 110 Å². The van der Waals surface area contributed by atoms with Crippen molar-refractivity contribution < 1.29 is 4.79 Å². The molecule has 1 unspecified atom stereocenters. The molecule has 18 heavy (non-hydrogen) atoms. The van der Waals surface area contributed by atoms with Crippen LogP contribution in [-0.2, 0) is 4.79 Å². The van der Waals surface area contributed by atoms with Gasteiger partial charge in [-0.25, -0.2) is 0 Å². The highest BCUT2D eigenvalue weighted by Crippen LogP contribution is 2.42. The Hall–Kier alpha value is -0.610. The third-order valence-corrected chi connectivity index (χ3v) is 5.09. The second-order valence-electron chi connectivity index (χ2n) is 6.39. The van der Waals surface area contributed by atoms with Crippen LogP contribution in [0.5, 0.6) is 0 Å². The van der Waals surface area contributed by atoms with E-state index in [9.17, 15) is 4.79 Å². The van der Waals surface area contributed by atoms with Crippen molar-refractivity contribution in [1.29, 1.82) is 0 Å². The first-order chi connectivity index (χ1) is 8.69. The Morgan fingerprint density at radius 1 is 1.22 bits per heavy atom. The molecule has 0 aromatic carbocycles. The first kappa shape index (κ1) is 12.4. The van der Waals surface area contributed by atoms with Crippen LogP contribution in [0, 0.1) is 5.41 Å². The fourth-order valence-corrected chi connectivity index (χ4v) is 3.57. The van der Waals surface area contributed by atoms with E-state index in [0.717, 1.165) is 52.1 Å². The zero-order chi connectivity index (χ0) is 12.6. The van der Waals surface area contributed by atoms with Crippen molar-refractivity contribution in [2.75, 3.05) is 39.3 Å².